The molecule has 0 atom stereocenters. The van der Waals surface area contributed by atoms with Crippen molar-refractivity contribution in [1.82, 2.24) is 20.0 Å². The molecule has 0 radical (unpaired) electrons. The lowest BCUT2D eigenvalue weighted by Gasteiger charge is -2.04. The molecule has 0 spiro atoms. The lowest BCUT2D eigenvalue weighted by atomic mass is 10.2. The molecule has 2 aromatic heterocycles. The topological polar surface area (TPSA) is 95.1 Å². The van der Waals surface area contributed by atoms with Crippen molar-refractivity contribution >= 4 is 11.9 Å². The summed E-state index contributed by atoms with van der Waals surface area (Å²) in [6, 6.07) is 8.84. The zero-order valence-electron chi connectivity index (χ0n) is 14.3. The standard InChI is InChI=1S/C17H19N5O3/c1-4-24-13-7-5-12(6-8-13)15(23)18-17-20-19-16(25-17)14-9-10-22(21-14)11(2)3/h5-11H,4H2,1-3H3,(H,18,20,23). The predicted molar refractivity (Wildman–Crippen MR) is 91.5 cm³/mol. The molecular weight excluding hydrogens is 322 g/mol. The minimum absolute atomic E-state index is 0.0213. The van der Waals surface area contributed by atoms with E-state index in [0.29, 0.717) is 23.6 Å². The minimum Gasteiger partial charge on any atom is -0.494 e. The number of hydrogen-bond acceptors (Lipinski definition) is 6. The van der Waals surface area contributed by atoms with Gasteiger partial charge in [-0.25, -0.2) is 0 Å². The van der Waals surface area contributed by atoms with Crippen LogP contribution in [0.15, 0.2) is 40.9 Å². The molecule has 3 aromatic rings. The predicted octanol–water partition coefficient (Wildman–Crippen LogP) is 3.17. The summed E-state index contributed by atoms with van der Waals surface area (Å²) in [6.07, 6.45) is 1.84. The number of hydrogen-bond donors (Lipinski definition) is 1. The average molecular weight is 341 g/mol. The van der Waals surface area contributed by atoms with Crippen molar-refractivity contribution in [3.05, 3.63) is 42.1 Å². The van der Waals surface area contributed by atoms with E-state index < -0.39 is 0 Å². The molecule has 0 aliphatic rings. The van der Waals surface area contributed by atoms with Gasteiger partial charge in [-0.2, -0.15) is 5.10 Å². The third kappa shape index (κ3) is 3.85. The first-order valence-corrected chi connectivity index (χ1v) is 8.00. The number of rotatable bonds is 6. The third-order valence-corrected chi connectivity index (χ3v) is 3.43. The Kier molecular flexibility index (Phi) is 4.78. The summed E-state index contributed by atoms with van der Waals surface area (Å²) in [6.45, 7) is 6.51. The van der Waals surface area contributed by atoms with Gasteiger partial charge in [-0.1, -0.05) is 5.10 Å². The first kappa shape index (κ1) is 16.7. The van der Waals surface area contributed by atoms with Gasteiger partial charge in [0, 0.05) is 17.8 Å². The fourth-order valence-electron chi connectivity index (χ4n) is 2.16. The molecule has 0 aliphatic carbocycles. The highest BCUT2D eigenvalue weighted by Gasteiger charge is 2.15. The second kappa shape index (κ2) is 7.16. The van der Waals surface area contributed by atoms with E-state index in [1.54, 1.807) is 35.0 Å². The first-order chi connectivity index (χ1) is 12.1. The smallest absolute Gasteiger partial charge is 0.322 e. The maximum Gasteiger partial charge on any atom is 0.322 e. The van der Waals surface area contributed by atoms with Gasteiger partial charge in [-0.05, 0) is 51.1 Å². The Morgan fingerprint density at radius 1 is 1.24 bits per heavy atom. The highest BCUT2D eigenvalue weighted by atomic mass is 16.5. The van der Waals surface area contributed by atoms with E-state index in [9.17, 15) is 4.79 Å². The van der Waals surface area contributed by atoms with Crippen LogP contribution in [0.2, 0.25) is 0 Å². The van der Waals surface area contributed by atoms with Crippen LogP contribution in [0.25, 0.3) is 11.6 Å². The third-order valence-electron chi connectivity index (χ3n) is 3.43. The van der Waals surface area contributed by atoms with Crippen LogP contribution in [0, 0.1) is 0 Å². The molecule has 0 fully saturated rings. The van der Waals surface area contributed by atoms with Crippen LogP contribution in [-0.4, -0.2) is 32.5 Å². The Balaban J connectivity index is 1.68. The fourth-order valence-corrected chi connectivity index (χ4v) is 2.16. The number of aromatic nitrogens is 4. The van der Waals surface area contributed by atoms with Gasteiger partial charge >= 0.3 is 6.01 Å². The lowest BCUT2D eigenvalue weighted by Crippen LogP contribution is -2.12. The molecule has 1 aromatic carbocycles. The Bertz CT molecular complexity index is 851. The summed E-state index contributed by atoms with van der Waals surface area (Å²) in [4.78, 5) is 12.2. The highest BCUT2D eigenvalue weighted by molar-refractivity contribution is 6.03. The van der Waals surface area contributed by atoms with Crippen molar-refractivity contribution < 1.29 is 13.9 Å². The molecule has 0 unspecified atom stereocenters. The van der Waals surface area contributed by atoms with E-state index in [-0.39, 0.29) is 23.9 Å². The summed E-state index contributed by atoms with van der Waals surface area (Å²) in [5, 5.41) is 14.7. The number of amides is 1. The van der Waals surface area contributed by atoms with Gasteiger partial charge in [0.25, 0.3) is 11.8 Å². The minimum atomic E-state index is -0.342. The van der Waals surface area contributed by atoms with Crippen molar-refractivity contribution in [2.45, 2.75) is 26.8 Å². The monoisotopic (exact) mass is 341 g/mol. The van der Waals surface area contributed by atoms with Crippen molar-refractivity contribution in [2.75, 3.05) is 11.9 Å². The summed E-state index contributed by atoms with van der Waals surface area (Å²) < 4.78 is 12.6. The highest BCUT2D eigenvalue weighted by Crippen LogP contribution is 2.19. The molecule has 8 heteroatoms. The van der Waals surface area contributed by atoms with Crippen molar-refractivity contribution in [3.63, 3.8) is 0 Å². The molecule has 25 heavy (non-hydrogen) atoms. The summed E-state index contributed by atoms with van der Waals surface area (Å²) in [7, 11) is 0. The summed E-state index contributed by atoms with van der Waals surface area (Å²) in [5.41, 5.74) is 1.02. The maximum atomic E-state index is 12.2. The Labute approximate surface area is 144 Å². The maximum absolute atomic E-state index is 12.2. The molecule has 8 nitrogen and oxygen atoms in total. The van der Waals surface area contributed by atoms with Crippen LogP contribution in [0.4, 0.5) is 6.01 Å². The van der Waals surface area contributed by atoms with Crippen molar-refractivity contribution in [3.8, 4) is 17.3 Å². The van der Waals surface area contributed by atoms with E-state index in [2.05, 4.69) is 20.6 Å². The number of anilines is 1. The van der Waals surface area contributed by atoms with Gasteiger partial charge in [0.2, 0.25) is 0 Å². The van der Waals surface area contributed by atoms with E-state index in [0.717, 1.165) is 0 Å². The molecule has 0 bridgehead atoms. The SMILES string of the molecule is CCOc1ccc(C(=O)Nc2nnc(-c3ccn(C(C)C)n3)o2)cc1. The van der Waals surface area contributed by atoms with Crippen LogP contribution >= 0.6 is 0 Å². The number of nitrogens with one attached hydrogen (secondary N) is 1. The van der Waals surface area contributed by atoms with Gasteiger partial charge in [0.15, 0.2) is 0 Å². The Morgan fingerprint density at radius 2 is 2.00 bits per heavy atom. The Morgan fingerprint density at radius 3 is 2.64 bits per heavy atom. The second-order valence-corrected chi connectivity index (χ2v) is 5.60. The molecule has 0 aliphatic heterocycles. The normalized spacial score (nSPS) is 10.9. The number of nitrogens with zero attached hydrogens (tertiary/aromatic N) is 4. The summed E-state index contributed by atoms with van der Waals surface area (Å²) >= 11 is 0. The molecule has 0 saturated carbocycles. The largest absolute Gasteiger partial charge is 0.494 e. The van der Waals surface area contributed by atoms with E-state index >= 15 is 0 Å². The van der Waals surface area contributed by atoms with Crippen LogP contribution in [-0.2, 0) is 0 Å². The zero-order chi connectivity index (χ0) is 17.8. The molecule has 1 amide bonds. The van der Waals surface area contributed by atoms with Crippen molar-refractivity contribution in [2.24, 2.45) is 0 Å². The fraction of sp³-hybridized carbons (Fsp3) is 0.294. The van der Waals surface area contributed by atoms with E-state index in [1.807, 2.05) is 27.0 Å². The van der Waals surface area contributed by atoms with Crippen LogP contribution in [0.5, 0.6) is 5.75 Å². The van der Waals surface area contributed by atoms with Gasteiger partial charge in [-0.3, -0.25) is 14.8 Å². The van der Waals surface area contributed by atoms with Crippen LogP contribution in [0.3, 0.4) is 0 Å². The van der Waals surface area contributed by atoms with E-state index in [1.165, 1.54) is 0 Å². The first-order valence-electron chi connectivity index (χ1n) is 8.00. The average Bonchev–Trinajstić information content (AvgIpc) is 3.25. The molecular formula is C17H19N5O3. The Hall–Kier alpha value is -3.16. The molecule has 2 heterocycles. The van der Waals surface area contributed by atoms with Gasteiger partial charge < -0.3 is 9.15 Å². The number of benzene rings is 1. The quantitative estimate of drug-likeness (QED) is 0.740. The second-order valence-electron chi connectivity index (χ2n) is 5.60. The van der Waals surface area contributed by atoms with Gasteiger partial charge in [0.1, 0.15) is 11.4 Å². The van der Waals surface area contributed by atoms with E-state index in [4.69, 9.17) is 9.15 Å². The van der Waals surface area contributed by atoms with Crippen LogP contribution < -0.4 is 10.1 Å². The van der Waals surface area contributed by atoms with Gasteiger partial charge in [0.05, 0.1) is 6.61 Å². The lowest BCUT2D eigenvalue weighted by molar-refractivity contribution is 0.102. The summed E-state index contributed by atoms with van der Waals surface area (Å²) in [5.74, 6) is 0.618. The molecule has 0 saturated heterocycles. The number of carbonyl (C=O) groups excluding carboxylic acids is 1. The van der Waals surface area contributed by atoms with Crippen molar-refractivity contribution in [1.29, 1.82) is 0 Å². The van der Waals surface area contributed by atoms with Gasteiger partial charge in [-0.15, -0.1) is 5.10 Å². The van der Waals surface area contributed by atoms with Crippen LogP contribution in [0.1, 0.15) is 37.2 Å². The molecule has 130 valence electrons. The molecule has 1 N–H and O–H groups in total. The molecule has 3 rings (SSSR count). The zero-order valence-corrected chi connectivity index (χ0v) is 14.3. The number of carbonyl (C=O) groups is 1. The number of ether oxygens (including phenoxy) is 1.